The second kappa shape index (κ2) is 14.3. The highest BCUT2D eigenvalue weighted by Crippen LogP contribution is 2.30. The fraction of sp³-hybridized carbons (Fsp3) is 0.278. The second-order valence-corrected chi connectivity index (χ2v) is 14.5. The molecule has 0 aromatic heterocycles. The summed E-state index contributed by atoms with van der Waals surface area (Å²) in [6, 6.07) is 29.3. The lowest BCUT2D eigenvalue weighted by Gasteiger charge is -2.35. The van der Waals surface area contributed by atoms with Gasteiger partial charge in [-0.3, -0.25) is 13.9 Å². The monoisotopic (exact) mass is 645 g/mol. The van der Waals surface area contributed by atoms with E-state index in [0.29, 0.717) is 10.6 Å². The van der Waals surface area contributed by atoms with E-state index in [1.54, 1.807) is 37.3 Å². The molecular formula is C36H40ClN3O4S. The van der Waals surface area contributed by atoms with Crippen molar-refractivity contribution in [2.75, 3.05) is 10.8 Å². The van der Waals surface area contributed by atoms with Gasteiger partial charge in [0.1, 0.15) is 12.6 Å². The summed E-state index contributed by atoms with van der Waals surface area (Å²) >= 11 is 6.36. The van der Waals surface area contributed by atoms with Crippen LogP contribution in [0.4, 0.5) is 5.69 Å². The van der Waals surface area contributed by atoms with Crippen molar-refractivity contribution < 1.29 is 18.0 Å². The number of hydrogen-bond acceptors (Lipinski definition) is 4. The summed E-state index contributed by atoms with van der Waals surface area (Å²) < 4.78 is 29.6. The number of nitrogens with one attached hydrogen (secondary N) is 1. The maximum Gasteiger partial charge on any atom is 0.264 e. The molecular weight excluding hydrogens is 606 g/mol. The Labute approximate surface area is 271 Å². The third kappa shape index (κ3) is 8.96. The van der Waals surface area contributed by atoms with Crippen molar-refractivity contribution in [3.05, 3.63) is 130 Å². The van der Waals surface area contributed by atoms with Crippen LogP contribution in [-0.4, -0.2) is 43.3 Å². The average Bonchev–Trinajstić information content (AvgIpc) is 2.99. The van der Waals surface area contributed by atoms with Crippen molar-refractivity contribution in [2.45, 2.75) is 64.1 Å². The number of anilines is 1. The SMILES string of the molecule is Cc1ccc(S(=O)(=O)N(CC(=O)N(Cc2ccccc2)[C@@H](Cc2ccccc2)C(=O)NC(C)(C)C)c2cc(Cl)ccc2C)cc1. The summed E-state index contributed by atoms with van der Waals surface area (Å²) in [6.45, 7) is 8.84. The Balaban J connectivity index is 1.83. The second-order valence-electron chi connectivity index (χ2n) is 12.2. The minimum atomic E-state index is -4.22. The summed E-state index contributed by atoms with van der Waals surface area (Å²) in [5, 5.41) is 3.37. The highest BCUT2D eigenvalue weighted by Gasteiger charge is 2.36. The van der Waals surface area contributed by atoms with E-state index in [1.807, 2.05) is 88.4 Å². The quantitative estimate of drug-likeness (QED) is 0.197. The maximum atomic E-state index is 14.6. The van der Waals surface area contributed by atoms with Gasteiger partial charge in [0.25, 0.3) is 10.0 Å². The Hall–Kier alpha value is -4.14. The van der Waals surface area contributed by atoms with E-state index in [0.717, 1.165) is 21.0 Å². The first-order chi connectivity index (χ1) is 21.2. The van der Waals surface area contributed by atoms with Crippen LogP contribution in [0, 0.1) is 13.8 Å². The number of aryl methyl sites for hydroxylation is 2. The minimum Gasteiger partial charge on any atom is -0.350 e. The molecule has 0 aliphatic carbocycles. The van der Waals surface area contributed by atoms with Crippen LogP contribution in [0.15, 0.2) is 108 Å². The summed E-state index contributed by atoms with van der Waals surface area (Å²) in [4.78, 5) is 30.0. The van der Waals surface area contributed by atoms with E-state index < -0.39 is 34.1 Å². The van der Waals surface area contributed by atoms with E-state index in [9.17, 15) is 18.0 Å². The fourth-order valence-electron chi connectivity index (χ4n) is 4.99. The van der Waals surface area contributed by atoms with Gasteiger partial charge in [-0.15, -0.1) is 0 Å². The lowest BCUT2D eigenvalue weighted by Crippen LogP contribution is -2.56. The number of hydrogen-bond donors (Lipinski definition) is 1. The summed E-state index contributed by atoms with van der Waals surface area (Å²) in [5.74, 6) is -0.860. The predicted octanol–water partition coefficient (Wildman–Crippen LogP) is 6.71. The predicted molar refractivity (Wildman–Crippen MR) is 181 cm³/mol. The molecule has 1 N–H and O–H groups in total. The van der Waals surface area contributed by atoms with Crippen molar-refractivity contribution in [2.24, 2.45) is 0 Å². The Morgan fingerprint density at radius 1 is 0.822 bits per heavy atom. The number of benzene rings is 4. The molecule has 0 saturated carbocycles. The molecule has 4 rings (SSSR count). The van der Waals surface area contributed by atoms with Gasteiger partial charge in [0, 0.05) is 23.5 Å². The molecule has 236 valence electrons. The van der Waals surface area contributed by atoms with Crippen LogP contribution < -0.4 is 9.62 Å². The smallest absolute Gasteiger partial charge is 0.264 e. The molecule has 0 spiro atoms. The zero-order valence-electron chi connectivity index (χ0n) is 26.3. The Morgan fingerprint density at radius 3 is 1.98 bits per heavy atom. The van der Waals surface area contributed by atoms with Gasteiger partial charge in [-0.25, -0.2) is 8.42 Å². The van der Waals surface area contributed by atoms with E-state index in [2.05, 4.69) is 5.32 Å². The van der Waals surface area contributed by atoms with Crippen molar-refractivity contribution in [1.82, 2.24) is 10.2 Å². The molecule has 4 aromatic rings. The largest absolute Gasteiger partial charge is 0.350 e. The summed E-state index contributed by atoms with van der Waals surface area (Å²) in [6.07, 6.45) is 0.238. The molecule has 0 heterocycles. The van der Waals surface area contributed by atoms with Gasteiger partial charge in [0.05, 0.1) is 10.6 Å². The van der Waals surface area contributed by atoms with Gasteiger partial charge in [0.15, 0.2) is 0 Å². The van der Waals surface area contributed by atoms with Crippen molar-refractivity contribution >= 4 is 39.1 Å². The first-order valence-electron chi connectivity index (χ1n) is 14.8. The van der Waals surface area contributed by atoms with E-state index in [1.165, 1.54) is 17.0 Å². The molecule has 0 saturated heterocycles. The first-order valence-corrected chi connectivity index (χ1v) is 16.6. The molecule has 0 aliphatic heterocycles. The zero-order valence-corrected chi connectivity index (χ0v) is 27.9. The van der Waals surface area contributed by atoms with Crippen LogP contribution in [0.25, 0.3) is 0 Å². The molecule has 0 bridgehead atoms. The van der Waals surface area contributed by atoms with E-state index >= 15 is 0 Å². The highest BCUT2D eigenvalue weighted by atomic mass is 35.5. The van der Waals surface area contributed by atoms with Crippen LogP contribution >= 0.6 is 11.6 Å². The molecule has 2 amide bonds. The normalized spacial score (nSPS) is 12.3. The van der Waals surface area contributed by atoms with E-state index in [4.69, 9.17) is 11.6 Å². The topological polar surface area (TPSA) is 86.8 Å². The van der Waals surface area contributed by atoms with Gasteiger partial charge in [-0.1, -0.05) is 96.0 Å². The minimum absolute atomic E-state index is 0.0428. The van der Waals surface area contributed by atoms with Crippen LogP contribution in [-0.2, 0) is 32.6 Å². The number of halogens is 1. The number of sulfonamides is 1. The van der Waals surface area contributed by atoms with Crippen LogP contribution in [0.2, 0.25) is 5.02 Å². The molecule has 9 heteroatoms. The molecule has 1 atom stereocenters. The molecule has 0 fully saturated rings. The summed E-state index contributed by atoms with van der Waals surface area (Å²) in [5.41, 5.74) is 2.93. The highest BCUT2D eigenvalue weighted by molar-refractivity contribution is 7.92. The fourth-order valence-corrected chi connectivity index (χ4v) is 6.63. The third-order valence-corrected chi connectivity index (χ3v) is 9.30. The lowest BCUT2D eigenvalue weighted by atomic mass is 10.0. The number of amides is 2. The number of nitrogens with zero attached hydrogens (tertiary/aromatic N) is 2. The average molecular weight is 646 g/mol. The Morgan fingerprint density at radius 2 is 1.40 bits per heavy atom. The van der Waals surface area contributed by atoms with Crippen LogP contribution in [0.3, 0.4) is 0 Å². The standard InChI is InChI=1S/C36H40ClN3O4S/c1-26-16-20-31(21-17-26)45(43,44)40(32-23-30(37)19-18-27(32)2)25-34(41)39(24-29-14-10-7-11-15-29)33(35(42)38-36(3,4)5)22-28-12-8-6-9-13-28/h6-21,23,33H,22,24-25H2,1-5H3,(H,38,42)/t33-/m0/s1. The number of carbonyl (C=O) groups excluding carboxylic acids is 2. The summed E-state index contributed by atoms with van der Waals surface area (Å²) in [7, 11) is -4.22. The van der Waals surface area contributed by atoms with E-state index in [-0.39, 0.29) is 29.5 Å². The van der Waals surface area contributed by atoms with Crippen molar-refractivity contribution in [3.63, 3.8) is 0 Å². The first kappa shape index (κ1) is 33.7. The number of carbonyl (C=O) groups is 2. The van der Waals surface area contributed by atoms with Gasteiger partial charge < -0.3 is 10.2 Å². The Kier molecular flexibility index (Phi) is 10.7. The third-order valence-electron chi connectivity index (χ3n) is 7.29. The molecule has 7 nitrogen and oxygen atoms in total. The molecule has 0 aliphatic rings. The van der Waals surface area contributed by atoms with Crippen molar-refractivity contribution in [3.8, 4) is 0 Å². The van der Waals surface area contributed by atoms with Gasteiger partial charge in [-0.05, 0) is 75.6 Å². The van der Waals surface area contributed by atoms with Gasteiger partial charge in [-0.2, -0.15) is 0 Å². The van der Waals surface area contributed by atoms with Gasteiger partial charge in [0.2, 0.25) is 11.8 Å². The van der Waals surface area contributed by atoms with Crippen LogP contribution in [0.5, 0.6) is 0 Å². The number of rotatable bonds is 11. The lowest BCUT2D eigenvalue weighted by molar-refractivity contribution is -0.140. The van der Waals surface area contributed by atoms with Crippen molar-refractivity contribution in [1.29, 1.82) is 0 Å². The van der Waals surface area contributed by atoms with Gasteiger partial charge >= 0.3 is 0 Å². The molecule has 0 radical (unpaired) electrons. The molecule has 4 aromatic carbocycles. The molecule has 45 heavy (non-hydrogen) atoms. The maximum absolute atomic E-state index is 14.6. The van der Waals surface area contributed by atoms with Crippen LogP contribution in [0.1, 0.15) is 43.0 Å². The molecule has 0 unspecified atom stereocenters. The zero-order chi connectivity index (χ0) is 32.8. The Bertz CT molecular complexity index is 1720.